The van der Waals surface area contributed by atoms with Crippen LogP contribution in [0.2, 0.25) is 0 Å². The molecule has 0 atom stereocenters. The molecule has 1 fully saturated rings. The molecule has 0 spiro atoms. The van der Waals surface area contributed by atoms with E-state index in [2.05, 4.69) is 4.72 Å². The van der Waals surface area contributed by atoms with Crippen LogP contribution in [0, 0.1) is 13.8 Å². The highest BCUT2D eigenvalue weighted by molar-refractivity contribution is 7.89. The van der Waals surface area contributed by atoms with E-state index in [1.165, 1.54) is 5.56 Å². The Morgan fingerprint density at radius 2 is 1.92 bits per heavy atom. The predicted octanol–water partition coefficient (Wildman–Crippen LogP) is 2.39. The topological polar surface area (TPSA) is 75.7 Å². The lowest BCUT2D eigenvalue weighted by atomic mass is 10.1. The monoisotopic (exact) mass is 382 g/mol. The summed E-state index contributed by atoms with van der Waals surface area (Å²) < 4.78 is 32.3. The molecule has 0 aromatic heterocycles. The Labute approximate surface area is 157 Å². The molecule has 0 aliphatic carbocycles. The first-order valence-electron chi connectivity index (χ1n) is 9.28. The zero-order chi connectivity index (χ0) is 19.2. The van der Waals surface area contributed by atoms with Crippen molar-refractivity contribution < 1.29 is 17.9 Å². The highest BCUT2D eigenvalue weighted by atomic mass is 32.2. The van der Waals surface area contributed by atoms with Gasteiger partial charge in [0.1, 0.15) is 5.75 Å². The minimum atomic E-state index is -3.21. The Kier molecular flexibility index (Phi) is 7.46. The highest BCUT2D eigenvalue weighted by Gasteiger charge is 2.25. The molecular weight excluding hydrogens is 352 g/mol. The summed E-state index contributed by atoms with van der Waals surface area (Å²) in [6.07, 6.45) is 2.80. The number of rotatable bonds is 8. The third-order valence-electron chi connectivity index (χ3n) is 4.80. The predicted molar refractivity (Wildman–Crippen MR) is 103 cm³/mol. The lowest BCUT2D eigenvalue weighted by molar-refractivity contribution is -0.134. The molecule has 1 aliphatic heterocycles. The average molecular weight is 383 g/mol. The maximum Gasteiger partial charge on any atom is 0.260 e. The van der Waals surface area contributed by atoms with E-state index in [1.54, 1.807) is 4.90 Å². The molecule has 146 valence electrons. The van der Waals surface area contributed by atoms with Crippen molar-refractivity contribution in [3.8, 4) is 5.75 Å². The Balaban J connectivity index is 1.76. The molecule has 0 unspecified atom stereocenters. The van der Waals surface area contributed by atoms with Crippen LogP contribution in [0.1, 0.15) is 43.7 Å². The molecule has 7 heteroatoms. The number of carbonyl (C=O) groups is 1. The van der Waals surface area contributed by atoms with Crippen LogP contribution in [-0.4, -0.2) is 50.7 Å². The normalized spacial score (nSPS) is 15.9. The van der Waals surface area contributed by atoms with Crippen LogP contribution in [0.25, 0.3) is 0 Å². The molecule has 1 aromatic rings. The number of benzene rings is 1. The van der Waals surface area contributed by atoms with Crippen molar-refractivity contribution in [2.45, 2.75) is 52.5 Å². The molecule has 26 heavy (non-hydrogen) atoms. The second-order valence-electron chi connectivity index (χ2n) is 6.98. The van der Waals surface area contributed by atoms with Crippen LogP contribution in [0.4, 0.5) is 0 Å². The summed E-state index contributed by atoms with van der Waals surface area (Å²) in [5, 5.41) is 0. The second kappa shape index (κ2) is 9.37. The highest BCUT2D eigenvalue weighted by Crippen LogP contribution is 2.17. The molecule has 1 aliphatic rings. The summed E-state index contributed by atoms with van der Waals surface area (Å²) in [6, 6.07) is 5.69. The molecular formula is C19H30N2O4S. The van der Waals surface area contributed by atoms with Crippen LogP contribution in [0.5, 0.6) is 5.75 Å². The van der Waals surface area contributed by atoms with Gasteiger partial charge in [-0.05, 0) is 56.4 Å². The minimum Gasteiger partial charge on any atom is -0.484 e. The minimum absolute atomic E-state index is 0.00932. The van der Waals surface area contributed by atoms with E-state index in [9.17, 15) is 13.2 Å². The molecule has 2 rings (SSSR count). The number of unbranched alkanes of at least 4 members (excludes halogenated alkanes) is 1. The van der Waals surface area contributed by atoms with Crippen molar-refractivity contribution >= 4 is 15.9 Å². The van der Waals surface area contributed by atoms with E-state index in [0.717, 1.165) is 12.0 Å². The first-order chi connectivity index (χ1) is 12.3. The van der Waals surface area contributed by atoms with Gasteiger partial charge in [0.05, 0.1) is 5.75 Å². The number of nitrogens with zero attached hydrogens (tertiary/aromatic N) is 1. The fourth-order valence-corrected chi connectivity index (χ4v) is 4.46. The maximum absolute atomic E-state index is 12.3. The van der Waals surface area contributed by atoms with Gasteiger partial charge in [-0.25, -0.2) is 13.1 Å². The van der Waals surface area contributed by atoms with Gasteiger partial charge < -0.3 is 9.64 Å². The summed E-state index contributed by atoms with van der Waals surface area (Å²) >= 11 is 0. The lowest BCUT2D eigenvalue weighted by Crippen LogP contribution is -2.48. The van der Waals surface area contributed by atoms with Gasteiger partial charge >= 0.3 is 0 Å². The Hall–Kier alpha value is -1.60. The second-order valence-corrected chi connectivity index (χ2v) is 8.85. The van der Waals surface area contributed by atoms with E-state index < -0.39 is 10.0 Å². The van der Waals surface area contributed by atoms with Gasteiger partial charge in [-0.1, -0.05) is 19.4 Å². The number of carbonyl (C=O) groups excluding carboxylic acids is 1. The third-order valence-corrected chi connectivity index (χ3v) is 6.32. The number of hydrogen-bond donors (Lipinski definition) is 1. The zero-order valence-electron chi connectivity index (χ0n) is 16.0. The largest absolute Gasteiger partial charge is 0.484 e. The van der Waals surface area contributed by atoms with Crippen molar-refractivity contribution in [2.75, 3.05) is 25.4 Å². The number of nitrogens with one attached hydrogen (secondary N) is 1. The van der Waals surface area contributed by atoms with E-state index >= 15 is 0 Å². The molecule has 1 heterocycles. The number of hydrogen-bond acceptors (Lipinski definition) is 4. The summed E-state index contributed by atoms with van der Waals surface area (Å²) in [7, 11) is -3.21. The average Bonchev–Trinajstić information content (AvgIpc) is 2.61. The van der Waals surface area contributed by atoms with Gasteiger partial charge in [0.2, 0.25) is 10.0 Å². The molecule has 6 nitrogen and oxygen atoms in total. The van der Waals surface area contributed by atoms with Crippen LogP contribution in [-0.2, 0) is 14.8 Å². The van der Waals surface area contributed by atoms with E-state index in [4.69, 9.17) is 4.74 Å². The van der Waals surface area contributed by atoms with Crippen LogP contribution in [0.15, 0.2) is 18.2 Å². The third kappa shape index (κ3) is 6.29. The number of sulfonamides is 1. The Morgan fingerprint density at radius 3 is 2.54 bits per heavy atom. The van der Waals surface area contributed by atoms with E-state index in [0.29, 0.717) is 38.1 Å². The molecule has 0 bridgehead atoms. The van der Waals surface area contributed by atoms with E-state index in [1.807, 2.05) is 39.0 Å². The van der Waals surface area contributed by atoms with Crippen LogP contribution in [0.3, 0.4) is 0 Å². The van der Waals surface area contributed by atoms with Gasteiger partial charge in [0, 0.05) is 19.1 Å². The number of ether oxygens (including phenoxy) is 1. The number of likely N-dealkylation sites (tertiary alicyclic amines) is 1. The van der Waals surface area contributed by atoms with Crippen molar-refractivity contribution in [3.05, 3.63) is 29.3 Å². The summed E-state index contributed by atoms with van der Waals surface area (Å²) in [4.78, 5) is 14.1. The molecule has 0 radical (unpaired) electrons. The smallest absolute Gasteiger partial charge is 0.260 e. The van der Waals surface area contributed by atoms with Gasteiger partial charge in [-0.15, -0.1) is 0 Å². The van der Waals surface area contributed by atoms with E-state index in [-0.39, 0.29) is 24.3 Å². The molecule has 0 saturated carbocycles. The molecule has 1 N–H and O–H groups in total. The van der Waals surface area contributed by atoms with Gasteiger partial charge in [-0.3, -0.25) is 4.79 Å². The number of amides is 1. The number of piperidine rings is 1. The molecule has 1 amide bonds. The zero-order valence-corrected chi connectivity index (χ0v) is 16.8. The number of aryl methyl sites for hydroxylation is 2. The van der Waals surface area contributed by atoms with Crippen molar-refractivity contribution in [3.63, 3.8) is 0 Å². The fraction of sp³-hybridized carbons (Fsp3) is 0.632. The Bertz CT molecular complexity index is 710. The first-order valence-corrected chi connectivity index (χ1v) is 10.9. The SMILES string of the molecule is CCCCS(=O)(=O)NC1CCN(C(=O)COc2ccc(C)c(C)c2)CC1. The van der Waals surface area contributed by atoms with Crippen molar-refractivity contribution in [1.29, 1.82) is 0 Å². The lowest BCUT2D eigenvalue weighted by Gasteiger charge is -2.32. The summed E-state index contributed by atoms with van der Waals surface area (Å²) in [6.45, 7) is 7.13. The van der Waals surface area contributed by atoms with Crippen LogP contribution < -0.4 is 9.46 Å². The maximum atomic E-state index is 12.3. The fourth-order valence-electron chi connectivity index (χ4n) is 2.93. The standard InChI is InChI=1S/C19H30N2O4S/c1-4-5-12-26(23,24)20-17-8-10-21(11-9-17)19(22)14-25-18-7-6-15(2)16(3)13-18/h6-7,13,17,20H,4-5,8-12,14H2,1-3H3. The molecule has 1 saturated heterocycles. The van der Waals surface area contributed by atoms with Crippen LogP contribution >= 0.6 is 0 Å². The summed E-state index contributed by atoms with van der Waals surface area (Å²) in [5.74, 6) is 0.808. The first kappa shape index (κ1) is 20.7. The molecule has 1 aromatic carbocycles. The van der Waals surface area contributed by atoms with Crippen molar-refractivity contribution in [2.24, 2.45) is 0 Å². The van der Waals surface area contributed by atoms with Gasteiger partial charge in [-0.2, -0.15) is 0 Å². The summed E-state index contributed by atoms with van der Waals surface area (Å²) in [5.41, 5.74) is 2.32. The van der Waals surface area contributed by atoms with Gasteiger partial charge in [0.15, 0.2) is 6.61 Å². The quantitative estimate of drug-likeness (QED) is 0.749. The Morgan fingerprint density at radius 1 is 1.23 bits per heavy atom. The van der Waals surface area contributed by atoms with Crippen molar-refractivity contribution in [1.82, 2.24) is 9.62 Å². The van der Waals surface area contributed by atoms with Gasteiger partial charge in [0.25, 0.3) is 5.91 Å².